The minimum atomic E-state index is -2.92. The molecule has 0 aliphatic rings. The molecule has 0 aromatic heterocycles. The Labute approximate surface area is 123 Å². The molecule has 0 aliphatic heterocycles. The third-order valence-corrected chi connectivity index (χ3v) is 2.87. The topological polar surface area (TPSA) is 58.6 Å². The van der Waals surface area contributed by atoms with E-state index >= 15 is 0 Å². The highest BCUT2D eigenvalue weighted by Crippen LogP contribution is 2.26. The molecule has 0 spiro atoms. The quantitative estimate of drug-likeness (QED) is 0.900. The lowest BCUT2D eigenvalue weighted by atomic mass is 10.2. The van der Waals surface area contributed by atoms with Crippen molar-refractivity contribution < 1.29 is 23.4 Å². The number of aromatic hydroxyl groups is 1. The molecule has 4 nitrogen and oxygen atoms in total. The molecule has 0 saturated heterocycles. The van der Waals surface area contributed by atoms with Crippen LogP contribution in [0.15, 0.2) is 42.5 Å². The number of alkyl halides is 2. The summed E-state index contributed by atoms with van der Waals surface area (Å²) >= 11 is 5.66. The number of benzene rings is 2. The molecular formula is C14H10ClF2NO3. The van der Waals surface area contributed by atoms with Crippen molar-refractivity contribution in [1.82, 2.24) is 0 Å². The normalized spacial score (nSPS) is 10.5. The predicted octanol–water partition coefficient (Wildman–Crippen LogP) is 3.90. The number of rotatable bonds is 4. The van der Waals surface area contributed by atoms with Gasteiger partial charge in [-0.25, -0.2) is 0 Å². The second-order valence-electron chi connectivity index (χ2n) is 4.02. The lowest BCUT2D eigenvalue weighted by Gasteiger charge is -2.08. The van der Waals surface area contributed by atoms with Crippen molar-refractivity contribution in [3.05, 3.63) is 53.1 Å². The number of hydrogen-bond acceptors (Lipinski definition) is 3. The van der Waals surface area contributed by atoms with Crippen LogP contribution in [0.5, 0.6) is 11.5 Å². The minimum Gasteiger partial charge on any atom is -0.506 e. The Morgan fingerprint density at radius 3 is 2.43 bits per heavy atom. The van der Waals surface area contributed by atoms with Crippen LogP contribution in [-0.4, -0.2) is 17.6 Å². The molecule has 0 unspecified atom stereocenters. The molecule has 0 heterocycles. The van der Waals surface area contributed by atoms with E-state index in [1.165, 1.54) is 42.5 Å². The van der Waals surface area contributed by atoms with E-state index in [4.69, 9.17) is 11.6 Å². The number of anilines is 1. The molecule has 0 atom stereocenters. The number of amides is 1. The first-order valence-corrected chi connectivity index (χ1v) is 6.18. The van der Waals surface area contributed by atoms with Gasteiger partial charge in [0.1, 0.15) is 11.5 Å². The Morgan fingerprint density at radius 2 is 1.86 bits per heavy atom. The lowest BCUT2D eigenvalue weighted by Crippen LogP contribution is -2.11. The van der Waals surface area contributed by atoms with E-state index in [0.717, 1.165) is 0 Å². The zero-order valence-corrected chi connectivity index (χ0v) is 11.3. The summed E-state index contributed by atoms with van der Waals surface area (Å²) in [6.07, 6.45) is 0. The number of phenols is 1. The molecule has 110 valence electrons. The third-order valence-electron chi connectivity index (χ3n) is 2.55. The first kappa shape index (κ1) is 15.1. The summed E-state index contributed by atoms with van der Waals surface area (Å²) < 4.78 is 28.2. The summed E-state index contributed by atoms with van der Waals surface area (Å²) in [5, 5.41) is 12.1. The highest BCUT2D eigenvalue weighted by atomic mass is 35.5. The van der Waals surface area contributed by atoms with Gasteiger partial charge in [-0.15, -0.1) is 0 Å². The predicted molar refractivity (Wildman–Crippen MR) is 74.1 cm³/mol. The van der Waals surface area contributed by atoms with Crippen LogP contribution in [0.4, 0.5) is 14.5 Å². The summed E-state index contributed by atoms with van der Waals surface area (Å²) in [4.78, 5) is 11.9. The van der Waals surface area contributed by atoms with Crippen LogP contribution in [0.3, 0.4) is 0 Å². The van der Waals surface area contributed by atoms with Crippen molar-refractivity contribution in [3.8, 4) is 11.5 Å². The van der Waals surface area contributed by atoms with Crippen molar-refractivity contribution in [2.75, 3.05) is 5.32 Å². The van der Waals surface area contributed by atoms with E-state index in [1.807, 2.05) is 0 Å². The first-order chi connectivity index (χ1) is 9.95. The van der Waals surface area contributed by atoms with Crippen LogP contribution >= 0.6 is 11.6 Å². The van der Waals surface area contributed by atoms with E-state index < -0.39 is 12.5 Å². The van der Waals surface area contributed by atoms with E-state index in [1.54, 1.807) is 0 Å². The molecule has 0 fully saturated rings. The van der Waals surface area contributed by atoms with Gasteiger partial charge in [-0.3, -0.25) is 4.79 Å². The molecule has 2 aromatic rings. The van der Waals surface area contributed by atoms with E-state index in [0.29, 0.717) is 5.69 Å². The van der Waals surface area contributed by atoms with Gasteiger partial charge in [0.2, 0.25) is 0 Å². The van der Waals surface area contributed by atoms with Gasteiger partial charge in [0, 0.05) is 17.3 Å². The molecule has 1 amide bonds. The summed E-state index contributed by atoms with van der Waals surface area (Å²) in [6.45, 7) is -2.92. The van der Waals surface area contributed by atoms with Gasteiger partial charge in [0.05, 0.1) is 5.02 Å². The van der Waals surface area contributed by atoms with Crippen molar-refractivity contribution in [1.29, 1.82) is 0 Å². The van der Waals surface area contributed by atoms with E-state index in [-0.39, 0.29) is 22.1 Å². The number of ether oxygens (including phenoxy) is 1. The molecule has 2 aromatic carbocycles. The summed E-state index contributed by atoms with van der Waals surface area (Å²) in [6, 6.07) is 9.49. The largest absolute Gasteiger partial charge is 0.506 e. The van der Waals surface area contributed by atoms with Gasteiger partial charge < -0.3 is 15.2 Å². The Hall–Kier alpha value is -2.34. The second-order valence-corrected chi connectivity index (χ2v) is 4.43. The van der Waals surface area contributed by atoms with Crippen LogP contribution in [0.2, 0.25) is 5.02 Å². The van der Waals surface area contributed by atoms with Gasteiger partial charge in [-0.2, -0.15) is 8.78 Å². The van der Waals surface area contributed by atoms with Crippen molar-refractivity contribution in [2.24, 2.45) is 0 Å². The minimum absolute atomic E-state index is 0.0364. The Balaban J connectivity index is 2.07. The highest BCUT2D eigenvalue weighted by Gasteiger charge is 2.09. The van der Waals surface area contributed by atoms with E-state index in [2.05, 4.69) is 10.1 Å². The van der Waals surface area contributed by atoms with Gasteiger partial charge in [-0.1, -0.05) is 11.6 Å². The molecule has 2 rings (SSSR count). The van der Waals surface area contributed by atoms with Gasteiger partial charge in [0.15, 0.2) is 0 Å². The average Bonchev–Trinajstić information content (AvgIpc) is 2.43. The fourth-order valence-electron chi connectivity index (χ4n) is 1.58. The van der Waals surface area contributed by atoms with Crippen LogP contribution in [0, 0.1) is 0 Å². The van der Waals surface area contributed by atoms with Crippen LogP contribution < -0.4 is 10.1 Å². The Morgan fingerprint density at radius 1 is 1.19 bits per heavy atom. The lowest BCUT2D eigenvalue weighted by molar-refractivity contribution is -0.0498. The maximum absolute atomic E-state index is 12.0. The van der Waals surface area contributed by atoms with Crippen LogP contribution in [0.25, 0.3) is 0 Å². The number of carbonyl (C=O) groups excluding carboxylic acids is 1. The number of carbonyl (C=O) groups is 1. The third kappa shape index (κ3) is 4.06. The molecule has 0 saturated carbocycles. The second kappa shape index (κ2) is 6.41. The molecule has 0 bridgehead atoms. The van der Waals surface area contributed by atoms with Crippen molar-refractivity contribution >= 4 is 23.2 Å². The Bertz CT molecular complexity index is 647. The molecule has 0 radical (unpaired) electrons. The highest BCUT2D eigenvalue weighted by molar-refractivity contribution is 6.32. The fraction of sp³-hybridized carbons (Fsp3) is 0.0714. The number of phenolic OH excluding ortho intramolecular Hbond substituents is 1. The standard InChI is InChI=1S/C14H10ClF2NO3/c15-11-6-3-9(7-12(11)19)18-13(20)8-1-4-10(5-2-8)21-14(16)17/h1-7,14,19H,(H,18,20). The van der Waals surface area contributed by atoms with E-state index in [9.17, 15) is 18.7 Å². The molecule has 0 aliphatic carbocycles. The zero-order valence-electron chi connectivity index (χ0n) is 10.5. The maximum Gasteiger partial charge on any atom is 0.387 e. The monoisotopic (exact) mass is 313 g/mol. The number of nitrogens with one attached hydrogen (secondary N) is 1. The molecular weight excluding hydrogens is 304 g/mol. The van der Waals surface area contributed by atoms with Gasteiger partial charge in [0.25, 0.3) is 5.91 Å². The average molecular weight is 314 g/mol. The first-order valence-electron chi connectivity index (χ1n) is 5.80. The van der Waals surface area contributed by atoms with Gasteiger partial charge >= 0.3 is 6.61 Å². The summed E-state index contributed by atoms with van der Waals surface area (Å²) in [5.74, 6) is -0.652. The van der Waals surface area contributed by atoms with Gasteiger partial charge in [-0.05, 0) is 36.4 Å². The zero-order chi connectivity index (χ0) is 15.4. The smallest absolute Gasteiger partial charge is 0.387 e. The van der Waals surface area contributed by atoms with Crippen LogP contribution in [-0.2, 0) is 0 Å². The molecule has 7 heteroatoms. The Kier molecular flexibility index (Phi) is 4.59. The number of halogens is 3. The molecule has 2 N–H and O–H groups in total. The fourth-order valence-corrected chi connectivity index (χ4v) is 1.70. The number of hydrogen-bond donors (Lipinski definition) is 2. The van der Waals surface area contributed by atoms with Crippen molar-refractivity contribution in [3.63, 3.8) is 0 Å². The molecule has 21 heavy (non-hydrogen) atoms. The van der Waals surface area contributed by atoms with Crippen molar-refractivity contribution in [2.45, 2.75) is 6.61 Å². The van der Waals surface area contributed by atoms with Crippen LogP contribution in [0.1, 0.15) is 10.4 Å². The summed E-state index contributed by atoms with van der Waals surface area (Å²) in [7, 11) is 0. The maximum atomic E-state index is 12.0. The summed E-state index contributed by atoms with van der Waals surface area (Å²) in [5.41, 5.74) is 0.612. The SMILES string of the molecule is O=C(Nc1ccc(Cl)c(O)c1)c1ccc(OC(F)F)cc1.